The maximum absolute atomic E-state index is 11.3. The summed E-state index contributed by atoms with van der Waals surface area (Å²) in [5.41, 5.74) is 0. The second-order valence-corrected chi connectivity index (χ2v) is 5.66. The van der Waals surface area contributed by atoms with Gasteiger partial charge >= 0.3 is 0 Å². The number of hydrogen-bond donors (Lipinski definition) is 0. The van der Waals surface area contributed by atoms with E-state index in [0.29, 0.717) is 0 Å². The highest BCUT2D eigenvalue weighted by molar-refractivity contribution is 9.10. The average molecular weight is 284 g/mol. The molecule has 1 unspecified atom stereocenters. The van der Waals surface area contributed by atoms with Crippen molar-refractivity contribution < 1.29 is 4.79 Å². The first-order valence-corrected chi connectivity index (χ1v) is 6.62. The van der Waals surface area contributed by atoms with E-state index in [0.717, 1.165) is 32.1 Å². The molecular weight excluding hydrogens is 263 g/mol. The molecule has 0 fully saturated rings. The monoisotopic (exact) mass is 282 g/mol. The lowest BCUT2D eigenvalue weighted by molar-refractivity contribution is -0.114. The molecule has 0 aliphatic heterocycles. The summed E-state index contributed by atoms with van der Waals surface area (Å²) in [6, 6.07) is 0. The zero-order valence-electron chi connectivity index (χ0n) is 9.11. The minimum absolute atomic E-state index is 0.234. The Bertz CT molecular complexity index is 173. The van der Waals surface area contributed by atoms with Crippen molar-refractivity contribution in [3.8, 4) is 0 Å². The first-order valence-electron chi connectivity index (χ1n) is 5.45. The molecule has 84 valence electrons. The fourth-order valence-electron chi connectivity index (χ4n) is 1.43. The summed E-state index contributed by atoms with van der Waals surface area (Å²) in [6.45, 7) is 4.28. The van der Waals surface area contributed by atoms with Gasteiger partial charge < -0.3 is 0 Å². The van der Waals surface area contributed by atoms with Crippen molar-refractivity contribution in [2.24, 2.45) is 0 Å². The molecule has 3 heteroatoms. The lowest BCUT2D eigenvalue weighted by Gasteiger charge is -2.22. The van der Waals surface area contributed by atoms with Crippen molar-refractivity contribution in [1.29, 1.82) is 0 Å². The van der Waals surface area contributed by atoms with Crippen LogP contribution in [0.2, 0.25) is 0 Å². The van der Waals surface area contributed by atoms with E-state index in [2.05, 4.69) is 29.8 Å². The zero-order valence-corrected chi connectivity index (χ0v) is 11.5. The minimum Gasteiger partial charge on any atom is -0.280 e. The van der Waals surface area contributed by atoms with E-state index in [-0.39, 0.29) is 5.24 Å². The maximum atomic E-state index is 11.3. The lowest BCUT2D eigenvalue weighted by atomic mass is 9.96. The number of alkyl halides is 1. The number of rotatable bonds is 8. The SMILES string of the molecule is CCCCCC(Br)(CCCC)C(=O)Cl. The number of carbonyl (C=O) groups excluding carboxylic acids is 1. The van der Waals surface area contributed by atoms with Crippen molar-refractivity contribution in [2.45, 2.75) is 63.1 Å². The Morgan fingerprint density at radius 2 is 1.64 bits per heavy atom. The second kappa shape index (κ2) is 7.70. The summed E-state index contributed by atoms with van der Waals surface area (Å²) < 4.78 is -0.459. The molecule has 0 aliphatic carbocycles. The first kappa shape index (κ1) is 14.4. The van der Waals surface area contributed by atoms with Gasteiger partial charge in [0.1, 0.15) is 0 Å². The largest absolute Gasteiger partial charge is 0.280 e. The lowest BCUT2D eigenvalue weighted by Crippen LogP contribution is -2.28. The molecule has 0 aromatic heterocycles. The van der Waals surface area contributed by atoms with E-state index < -0.39 is 4.32 Å². The summed E-state index contributed by atoms with van der Waals surface area (Å²) in [7, 11) is 0. The summed E-state index contributed by atoms with van der Waals surface area (Å²) in [5, 5.41) is -0.234. The third-order valence-corrected chi connectivity index (χ3v) is 4.20. The molecular formula is C11H20BrClO. The van der Waals surface area contributed by atoms with Crippen LogP contribution in [-0.2, 0) is 4.79 Å². The van der Waals surface area contributed by atoms with Crippen molar-refractivity contribution in [2.75, 3.05) is 0 Å². The molecule has 0 aromatic carbocycles. The first-order chi connectivity index (χ1) is 6.56. The normalized spacial score (nSPS) is 15.1. The Morgan fingerprint density at radius 1 is 1.14 bits per heavy atom. The highest BCUT2D eigenvalue weighted by atomic mass is 79.9. The molecule has 0 heterocycles. The molecule has 0 spiro atoms. The van der Waals surface area contributed by atoms with Crippen LogP contribution in [0.1, 0.15) is 58.8 Å². The predicted octanol–water partition coefficient (Wildman–Crippen LogP) is 4.66. The molecule has 0 aliphatic rings. The summed E-state index contributed by atoms with van der Waals surface area (Å²) in [4.78, 5) is 11.3. The van der Waals surface area contributed by atoms with Crippen LogP contribution in [0.25, 0.3) is 0 Å². The van der Waals surface area contributed by atoms with Crippen molar-refractivity contribution in [1.82, 2.24) is 0 Å². The number of hydrogen-bond acceptors (Lipinski definition) is 1. The van der Waals surface area contributed by atoms with E-state index >= 15 is 0 Å². The van der Waals surface area contributed by atoms with Gasteiger partial charge in [-0.05, 0) is 24.4 Å². The van der Waals surface area contributed by atoms with E-state index in [9.17, 15) is 4.79 Å². The smallest absolute Gasteiger partial charge is 0.238 e. The van der Waals surface area contributed by atoms with E-state index in [1.807, 2.05) is 0 Å². The molecule has 1 nitrogen and oxygen atoms in total. The maximum Gasteiger partial charge on any atom is 0.238 e. The van der Waals surface area contributed by atoms with Crippen LogP contribution in [0.5, 0.6) is 0 Å². The fraction of sp³-hybridized carbons (Fsp3) is 0.909. The van der Waals surface area contributed by atoms with Crippen molar-refractivity contribution in [3.63, 3.8) is 0 Å². The van der Waals surface area contributed by atoms with Gasteiger partial charge in [0.25, 0.3) is 0 Å². The summed E-state index contributed by atoms with van der Waals surface area (Å²) in [5.74, 6) is 0. The van der Waals surface area contributed by atoms with Gasteiger partial charge in [-0.15, -0.1) is 0 Å². The zero-order chi connectivity index (χ0) is 11.0. The van der Waals surface area contributed by atoms with E-state index in [4.69, 9.17) is 11.6 Å². The topological polar surface area (TPSA) is 17.1 Å². The molecule has 14 heavy (non-hydrogen) atoms. The van der Waals surface area contributed by atoms with Crippen LogP contribution >= 0.6 is 27.5 Å². The summed E-state index contributed by atoms with van der Waals surface area (Å²) in [6.07, 6.45) is 7.29. The van der Waals surface area contributed by atoms with Crippen molar-refractivity contribution in [3.05, 3.63) is 0 Å². The van der Waals surface area contributed by atoms with Gasteiger partial charge in [-0.3, -0.25) is 4.79 Å². The minimum atomic E-state index is -0.459. The number of carbonyl (C=O) groups is 1. The van der Waals surface area contributed by atoms with Gasteiger partial charge in [0.05, 0.1) is 4.32 Å². The fourth-order valence-corrected chi connectivity index (χ4v) is 2.18. The highest BCUT2D eigenvalue weighted by Crippen LogP contribution is 2.33. The Labute approximate surface area is 101 Å². The predicted molar refractivity (Wildman–Crippen MR) is 66.2 cm³/mol. The molecule has 0 saturated heterocycles. The van der Waals surface area contributed by atoms with Crippen LogP contribution in [0, 0.1) is 0 Å². The van der Waals surface area contributed by atoms with Crippen LogP contribution in [0.4, 0.5) is 0 Å². The van der Waals surface area contributed by atoms with Gasteiger partial charge in [0.2, 0.25) is 5.24 Å². The third kappa shape index (κ3) is 5.35. The second-order valence-electron chi connectivity index (χ2n) is 3.80. The molecule has 0 radical (unpaired) electrons. The van der Waals surface area contributed by atoms with Crippen molar-refractivity contribution >= 4 is 32.8 Å². The molecule has 0 bridgehead atoms. The molecule has 0 aromatic rings. The van der Waals surface area contributed by atoms with Gasteiger partial charge in [-0.1, -0.05) is 61.9 Å². The Morgan fingerprint density at radius 3 is 2.07 bits per heavy atom. The van der Waals surface area contributed by atoms with Crippen LogP contribution < -0.4 is 0 Å². The van der Waals surface area contributed by atoms with Gasteiger partial charge in [0.15, 0.2) is 0 Å². The van der Waals surface area contributed by atoms with Gasteiger partial charge in [-0.25, -0.2) is 0 Å². The summed E-state index contributed by atoms with van der Waals surface area (Å²) >= 11 is 9.11. The van der Waals surface area contributed by atoms with Crippen LogP contribution in [-0.4, -0.2) is 9.57 Å². The molecule has 0 N–H and O–H groups in total. The van der Waals surface area contributed by atoms with Gasteiger partial charge in [0, 0.05) is 0 Å². The number of halogens is 2. The Hall–Kier alpha value is 0.440. The Balaban J connectivity index is 4.03. The van der Waals surface area contributed by atoms with Crippen LogP contribution in [0.15, 0.2) is 0 Å². The molecule has 0 rings (SSSR count). The van der Waals surface area contributed by atoms with E-state index in [1.165, 1.54) is 12.8 Å². The van der Waals surface area contributed by atoms with E-state index in [1.54, 1.807) is 0 Å². The Kier molecular flexibility index (Phi) is 7.94. The molecule has 0 saturated carbocycles. The van der Waals surface area contributed by atoms with Gasteiger partial charge in [-0.2, -0.15) is 0 Å². The third-order valence-electron chi connectivity index (χ3n) is 2.46. The average Bonchev–Trinajstić information content (AvgIpc) is 2.15. The molecule has 0 amide bonds. The van der Waals surface area contributed by atoms with Crippen LogP contribution in [0.3, 0.4) is 0 Å². The number of unbranched alkanes of at least 4 members (excludes halogenated alkanes) is 3. The molecule has 1 atom stereocenters. The quantitative estimate of drug-likeness (QED) is 0.360. The highest BCUT2D eigenvalue weighted by Gasteiger charge is 2.32. The standard InChI is InChI=1S/C11H20BrClO/c1-3-5-7-9-11(12,10(13)14)8-6-4-2/h3-9H2,1-2H3.